The smallest absolute Gasteiger partial charge is 0.407 e. The molecule has 8 nitrogen and oxygen atoms in total. The van der Waals surface area contributed by atoms with Crippen LogP contribution in [0.3, 0.4) is 0 Å². The van der Waals surface area contributed by atoms with E-state index in [0.29, 0.717) is 29.7 Å². The van der Waals surface area contributed by atoms with Crippen LogP contribution in [-0.4, -0.2) is 42.4 Å². The lowest BCUT2D eigenvalue weighted by Gasteiger charge is -2.26. The monoisotopic (exact) mass is 407 g/mol. The van der Waals surface area contributed by atoms with Gasteiger partial charge < -0.3 is 19.7 Å². The number of hydrogen-bond donors (Lipinski definition) is 2. The Labute approximate surface area is 170 Å². The molecule has 0 unspecified atom stereocenters. The molecule has 4 aromatic rings. The van der Waals surface area contributed by atoms with Crippen LogP contribution in [0.15, 0.2) is 42.9 Å². The van der Waals surface area contributed by atoms with E-state index in [4.69, 9.17) is 4.74 Å². The van der Waals surface area contributed by atoms with E-state index in [1.54, 1.807) is 29.1 Å². The molecule has 1 aliphatic heterocycles. The Balaban J connectivity index is 1.51. The summed E-state index contributed by atoms with van der Waals surface area (Å²) in [5.74, 6) is -0.0714. The molecule has 0 spiro atoms. The number of halogens is 1. The van der Waals surface area contributed by atoms with Crippen LogP contribution in [0.1, 0.15) is 11.1 Å². The summed E-state index contributed by atoms with van der Waals surface area (Å²) in [6.45, 7) is 0.744. The van der Waals surface area contributed by atoms with Gasteiger partial charge in [-0.05, 0) is 35.7 Å². The lowest BCUT2D eigenvalue weighted by Crippen LogP contribution is -2.34. The second-order valence-corrected chi connectivity index (χ2v) is 7.27. The number of H-pyrrole nitrogens is 1. The molecule has 0 saturated heterocycles. The summed E-state index contributed by atoms with van der Waals surface area (Å²) in [5, 5.41) is 13.9. The van der Waals surface area contributed by atoms with Gasteiger partial charge in [0.25, 0.3) is 0 Å². The third-order valence-electron chi connectivity index (χ3n) is 5.26. The minimum absolute atomic E-state index is 0.0669. The van der Waals surface area contributed by atoms with Crippen LogP contribution < -0.4 is 4.74 Å². The summed E-state index contributed by atoms with van der Waals surface area (Å²) >= 11 is 0. The highest BCUT2D eigenvalue weighted by Crippen LogP contribution is 2.35. The number of pyridine rings is 1. The number of amides is 1. The Bertz CT molecular complexity index is 1280. The summed E-state index contributed by atoms with van der Waals surface area (Å²) in [5.41, 5.74) is 4.03. The number of hydrogen-bond acceptors (Lipinski definition) is 4. The zero-order valence-corrected chi connectivity index (χ0v) is 16.1. The van der Waals surface area contributed by atoms with E-state index in [1.807, 2.05) is 19.3 Å². The molecule has 1 aliphatic rings. The summed E-state index contributed by atoms with van der Waals surface area (Å²) in [7, 11) is 1.82. The molecule has 9 heteroatoms. The van der Waals surface area contributed by atoms with Gasteiger partial charge in [0.2, 0.25) is 0 Å². The zero-order valence-electron chi connectivity index (χ0n) is 16.1. The maximum Gasteiger partial charge on any atom is 0.407 e. The number of ether oxygens (including phenoxy) is 1. The summed E-state index contributed by atoms with van der Waals surface area (Å²) in [6, 6.07) is 7.22. The quantitative estimate of drug-likeness (QED) is 0.536. The number of aromatic amines is 1. The van der Waals surface area contributed by atoms with Gasteiger partial charge in [-0.3, -0.25) is 4.68 Å². The molecule has 3 aromatic heterocycles. The first-order valence-electron chi connectivity index (χ1n) is 9.41. The molecule has 0 radical (unpaired) electrons. The van der Waals surface area contributed by atoms with E-state index in [1.165, 1.54) is 4.90 Å². The zero-order chi connectivity index (χ0) is 20.8. The van der Waals surface area contributed by atoms with Crippen LogP contribution in [0.2, 0.25) is 0 Å². The number of rotatable bonds is 3. The molecule has 152 valence electrons. The summed E-state index contributed by atoms with van der Waals surface area (Å²) < 4.78 is 22.2. The van der Waals surface area contributed by atoms with Gasteiger partial charge in [-0.25, -0.2) is 14.2 Å². The fourth-order valence-corrected chi connectivity index (χ4v) is 3.72. The Kier molecular flexibility index (Phi) is 4.16. The molecule has 0 bridgehead atoms. The van der Waals surface area contributed by atoms with E-state index in [2.05, 4.69) is 15.1 Å². The van der Waals surface area contributed by atoms with Crippen LogP contribution in [0, 0.1) is 5.82 Å². The molecular formula is C21H18FN5O3. The van der Waals surface area contributed by atoms with Gasteiger partial charge in [0, 0.05) is 31.9 Å². The minimum Gasteiger partial charge on any atom is -0.465 e. The minimum atomic E-state index is -0.955. The van der Waals surface area contributed by atoms with Crippen molar-refractivity contribution in [1.82, 2.24) is 24.6 Å². The second-order valence-electron chi connectivity index (χ2n) is 7.27. The molecule has 0 fully saturated rings. The van der Waals surface area contributed by atoms with Crippen molar-refractivity contribution in [3.63, 3.8) is 0 Å². The summed E-state index contributed by atoms with van der Waals surface area (Å²) in [6.07, 6.45) is 4.36. The average molecular weight is 407 g/mol. The number of nitrogens with one attached hydrogen (secondary N) is 1. The Morgan fingerprint density at radius 1 is 1.27 bits per heavy atom. The fourth-order valence-electron chi connectivity index (χ4n) is 3.72. The molecule has 5 rings (SSSR count). The van der Waals surface area contributed by atoms with Gasteiger partial charge >= 0.3 is 6.09 Å². The predicted molar refractivity (Wildman–Crippen MR) is 107 cm³/mol. The number of nitrogens with zero attached hydrogens (tertiary/aromatic N) is 4. The number of carboxylic acid groups (broad SMARTS) is 1. The van der Waals surface area contributed by atoms with Crippen molar-refractivity contribution in [2.75, 3.05) is 6.54 Å². The standard InChI is InChI=1S/C21H18FN5O3/c1-26-10-14(8-24-26)18-7-16-19(17(22)9-23-20(16)25-18)30-15-3-2-12-4-5-27(21(28)29)11-13(12)6-15/h2-3,6-10H,4-5,11H2,1H3,(H,23,25)(H,28,29). The molecule has 1 amide bonds. The highest BCUT2D eigenvalue weighted by molar-refractivity contribution is 5.88. The first-order chi connectivity index (χ1) is 14.5. The number of fused-ring (bicyclic) bond motifs is 2. The SMILES string of the molecule is Cn1cc(-c2cc3c(Oc4ccc5c(c4)CN(C(=O)O)CC5)c(F)cnc3[nH]2)cn1. The van der Waals surface area contributed by atoms with Crippen LogP contribution >= 0.6 is 0 Å². The van der Waals surface area contributed by atoms with Gasteiger partial charge in [-0.15, -0.1) is 0 Å². The van der Waals surface area contributed by atoms with Gasteiger partial charge in [0.05, 0.1) is 23.5 Å². The van der Waals surface area contributed by atoms with Crippen molar-refractivity contribution in [2.24, 2.45) is 7.05 Å². The average Bonchev–Trinajstić information content (AvgIpc) is 3.36. The maximum absolute atomic E-state index is 14.6. The molecule has 4 heterocycles. The second kappa shape index (κ2) is 6.87. The number of aromatic nitrogens is 4. The number of aryl methyl sites for hydroxylation is 1. The number of carbonyl (C=O) groups is 1. The highest BCUT2D eigenvalue weighted by atomic mass is 19.1. The molecule has 30 heavy (non-hydrogen) atoms. The molecule has 0 saturated carbocycles. The third-order valence-corrected chi connectivity index (χ3v) is 5.26. The van der Waals surface area contributed by atoms with E-state index in [-0.39, 0.29) is 12.3 Å². The van der Waals surface area contributed by atoms with Crippen molar-refractivity contribution in [3.05, 3.63) is 59.8 Å². The summed E-state index contributed by atoms with van der Waals surface area (Å²) in [4.78, 5) is 19.9. The number of benzene rings is 1. The van der Waals surface area contributed by atoms with E-state index >= 15 is 0 Å². The molecular weight excluding hydrogens is 389 g/mol. The van der Waals surface area contributed by atoms with E-state index < -0.39 is 11.9 Å². The maximum atomic E-state index is 14.6. The van der Waals surface area contributed by atoms with Crippen molar-refractivity contribution < 1.29 is 19.0 Å². The fraction of sp³-hybridized carbons (Fsp3) is 0.190. The van der Waals surface area contributed by atoms with Gasteiger partial charge in [0.1, 0.15) is 11.4 Å². The lowest BCUT2D eigenvalue weighted by molar-refractivity contribution is 0.140. The highest BCUT2D eigenvalue weighted by Gasteiger charge is 2.21. The van der Waals surface area contributed by atoms with Crippen molar-refractivity contribution in [3.8, 4) is 22.8 Å². The van der Waals surface area contributed by atoms with Gasteiger partial charge in [-0.1, -0.05) is 6.07 Å². The topological polar surface area (TPSA) is 96.3 Å². The molecule has 1 aromatic carbocycles. The van der Waals surface area contributed by atoms with Crippen molar-refractivity contribution >= 4 is 17.1 Å². The molecule has 0 atom stereocenters. The van der Waals surface area contributed by atoms with Crippen molar-refractivity contribution in [2.45, 2.75) is 13.0 Å². The van der Waals surface area contributed by atoms with Crippen LogP contribution in [0.5, 0.6) is 11.5 Å². The van der Waals surface area contributed by atoms with Gasteiger partial charge in [-0.2, -0.15) is 5.10 Å². The lowest BCUT2D eigenvalue weighted by atomic mass is 10.00. The van der Waals surface area contributed by atoms with E-state index in [9.17, 15) is 14.3 Å². The molecule has 0 aliphatic carbocycles. The molecule has 2 N–H and O–H groups in total. The Morgan fingerprint density at radius 2 is 2.13 bits per heavy atom. The third kappa shape index (κ3) is 3.14. The van der Waals surface area contributed by atoms with Crippen LogP contribution in [0.25, 0.3) is 22.3 Å². The Hall–Kier alpha value is -3.88. The Morgan fingerprint density at radius 3 is 2.90 bits per heavy atom. The predicted octanol–water partition coefficient (Wildman–Crippen LogP) is 3.93. The first kappa shape index (κ1) is 18.2. The van der Waals surface area contributed by atoms with Crippen LogP contribution in [0.4, 0.5) is 9.18 Å². The largest absolute Gasteiger partial charge is 0.465 e. The van der Waals surface area contributed by atoms with Crippen molar-refractivity contribution in [1.29, 1.82) is 0 Å². The van der Waals surface area contributed by atoms with Crippen LogP contribution in [-0.2, 0) is 20.0 Å². The first-order valence-corrected chi connectivity index (χ1v) is 9.41. The van der Waals surface area contributed by atoms with E-state index in [0.717, 1.165) is 28.6 Å². The normalized spacial score (nSPS) is 13.5. The van der Waals surface area contributed by atoms with Gasteiger partial charge in [0.15, 0.2) is 11.6 Å².